The number of nitrogens with one attached hydrogen (secondary N) is 1. The summed E-state index contributed by atoms with van der Waals surface area (Å²) >= 11 is 0. The molecule has 1 saturated carbocycles. The molecule has 180 valence electrons. The van der Waals surface area contributed by atoms with Crippen molar-refractivity contribution in [3.8, 4) is 0 Å². The number of amides is 1. The van der Waals surface area contributed by atoms with Gasteiger partial charge >= 0.3 is 12.5 Å². The van der Waals surface area contributed by atoms with Gasteiger partial charge in [0.1, 0.15) is 18.9 Å². The topological polar surface area (TPSA) is 97.2 Å². The highest BCUT2D eigenvalue weighted by molar-refractivity contribution is 6.14. The van der Waals surface area contributed by atoms with Crippen molar-refractivity contribution in [3.05, 3.63) is 84.1 Å². The van der Waals surface area contributed by atoms with Gasteiger partial charge in [-0.2, -0.15) is 4.39 Å². The molecule has 0 spiro atoms. The van der Waals surface area contributed by atoms with E-state index < -0.39 is 30.1 Å². The second-order valence-electron chi connectivity index (χ2n) is 8.23. The normalized spacial score (nSPS) is 26.1. The lowest BCUT2D eigenvalue weighted by Crippen LogP contribution is -2.35. The van der Waals surface area contributed by atoms with Crippen LogP contribution in [-0.4, -0.2) is 48.1 Å². The van der Waals surface area contributed by atoms with Gasteiger partial charge < -0.3 is 19.9 Å². The molecular formula is C26H29FN2O5. The van der Waals surface area contributed by atoms with E-state index in [0.29, 0.717) is 24.1 Å². The first-order valence-electron chi connectivity index (χ1n) is 11.0. The average Bonchev–Trinajstić information content (AvgIpc) is 3.51. The van der Waals surface area contributed by atoms with Gasteiger partial charge in [-0.1, -0.05) is 49.6 Å². The molecule has 3 rings (SSSR count). The Kier molecular flexibility index (Phi) is 7.96. The number of carboxylic acid groups (broad SMARTS) is 1. The molecule has 34 heavy (non-hydrogen) atoms. The molecule has 1 heterocycles. The largest absolute Gasteiger partial charge is 0.478 e. The van der Waals surface area contributed by atoms with Gasteiger partial charge in [0, 0.05) is 0 Å². The van der Waals surface area contributed by atoms with Gasteiger partial charge in [-0.15, -0.1) is 0 Å². The number of ether oxygens (including phenoxy) is 2. The van der Waals surface area contributed by atoms with Gasteiger partial charge in [-0.25, -0.2) is 4.79 Å². The van der Waals surface area contributed by atoms with Crippen molar-refractivity contribution in [1.82, 2.24) is 5.32 Å². The van der Waals surface area contributed by atoms with Gasteiger partial charge in [-0.3, -0.25) is 9.79 Å². The van der Waals surface area contributed by atoms with Crippen LogP contribution in [-0.2, 0) is 19.1 Å². The van der Waals surface area contributed by atoms with Crippen molar-refractivity contribution in [3.63, 3.8) is 0 Å². The Bertz CT molecular complexity index is 1060. The molecule has 2 N–H and O–H groups in total. The number of carbonyl (C=O) groups excluding carboxylic acids is 1. The molecule has 0 aromatic carbocycles. The fraction of sp³-hybridized carbons (Fsp3) is 0.346. The van der Waals surface area contributed by atoms with Crippen LogP contribution in [0, 0.1) is 5.41 Å². The number of fused-ring (bicyclic) bond motifs is 1. The predicted molar refractivity (Wildman–Crippen MR) is 128 cm³/mol. The molecule has 2 aliphatic carbocycles. The SMILES string of the molecule is C=C/C=C(C)\C(=N/CNC(=O)C1(C2=CC3OC(F)OC3C=C2)CC1)C(=C)/C=C(\C=C/C)C(=O)O. The number of alkyl halides is 1. The Labute approximate surface area is 198 Å². The maximum Gasteiger partial charge on any atom is 0.335 e. The number of aliphatic carboxylic acids is 1. The molecule has 0 aromatic rings. The highest BCUT2D eigenvalue weighted by Crippen LogP contribution is 2.53. The van der Waals surface area contributed by atoms with E-state index in [0.717, 1.165) is 11.1 Å². The molecule has 1 aliphatic heterocycles. The molecule has 3 atom stereocenters. The summed E-state index contributed by atoms with van der Waals surface area (Å²) < 4.78 is 23.5. The number of aliphatic imine (C=N–C) groups is 1. The standard InChI is InChI=1S/C26H29FN2O5/c1-5-7-16(3)22(17(4)13-18(8-6-2)23(30)31)28-15-29-24(32)26(11-12-26)19-9-10-20-21(14-19)34-25(27)33-20/h5-10,13-14,20-21,25H,1,4,11-12,15H2,2-3H3,(H,29,32)(H,30,31)/b8-6-,16-7-,18-13+,28-22+. The summed E-state index contributed by atoms with van der Waals surface area (Å²) in [4.78, 5) is 29.0. The van der Waals surface area contributed by atoms with Crippen molar-refractivity contribution in [2.24, 2.45) is 10.4 Å². The molecule has 7 nitrogen and oxygen atoms in total. The minimum atomic E-state index is -1.77. The fourth-order valence-corrected chi connectivity index (χ4v) is 3.96. The molecule has 2 fully saturated rings. The smallest absolute Gasteiger partial charge is 0.335 e. The molecule has 3 unspecified atom stereocenters. The number of carbonyl (C=O) groups is 2. The van der Waals surface area contributed by atoms with E-state index in [4.69, 9.17) is 9.47 Å². The van der Waals surface area contributed by atoms with Crippen LogP contribution >= 0.6 is 0 Å². The molecule has 8 heteroatoms. The summed E-state index contributed by atoms with van der Waals surface area (Å²) in [5.74, 6) is -1.27. The number of carboxylic acids is 1. The number of allylic oxidation sites excluding steroid dienone is 7. The van der Waals surface area contributed by atoms with Crippen LogP contribution < -0.4 is 5.32 Å². The van der Waals surface area contributed by atoms with Gasteiger partial charge in [0.2, 0.25) is 5.91 Å². The minimum absolute atomic E-state index is 0.0215. The summed E-state index contributed by atoms with van der Waals surface area (Å²) in [6.45, 7) is 9.38. The van der Waals surface area contributed by atoms with Crippen molar-refractivity contribution in [2.45, 2.75) is 45.4 Å². The first kappa shape index (κ1) is 25.3. The average molecular weight is 469 g/mol. The first-order valence-corrected chi connectivity index (χ1v) is 11.0. The maximum absolute atomic E-state index is 13.4. The van der Waals surface area contributed by atoms with E-state index in [1.54, 1.807) is 50.3 Å². The quantitative estimate of drug-likeness (QED) is 0.286. The second kappa shape index (κ2) is 10.7. The Morgan fingerprint density at radius 1 is 1.35 bits per heavy atom. The molecule has 3 aliphatic rings. The zero-order chi connectivity index (χ0) is 24.9. The summed E-state index contributed by atoms with van der Waals surface area (Å²) in [6, 6.07) is 0. The third kappa shape index (κ3) is 5.58. The number of hydrogen-bond acceptors (Lipinski definition) is 5. The third-order valence-corrected chi connectivity index (χ3v) is 5.84. The van der Waals surface area contributed by atoms with Crippen LogP contribution in [0.25, 0.3) is 0 Å². The molecular weight excluding hydrogens is 439 g/mol. The molecule has 0 bridgehead atoms. The van der Waals surface area contributed by atoms with E-state index >= 15 is 0 Å². The van der Waals surface area contributed by atoms with E-state index in [9.17, 15) is 19.1 Å². The summed E-state index contributed by atoms with van der Waals surface area (Å²) in [5, 5.41) is 12.2. The lowest BCUT2D eigenvalue weighted by molar-refractivity contribution is -0.150. The number of hydrogen-bond donors (Lipinski definition) is 2. The van der Waals surface area contributed by atoms with Crippen LogP contribution in [0.1, 0.15) is 26.7 Å². The number of rotatable bonds is 10. The molecule has 1 amide bonds. The van der Waals surface area contributed by atoms with Gasteiger partial charge in [0.25, 0.3) is 0 Å². The molecule has 1 saturated heterocycles. The third-order valence-electron chi connectivity index (χ3n) is 5.84. The highest BCUT2D eigenvalue weighted by Gasteiger charge is 2.53. The predicted octanol–water partition coefficient (Wildman–Crippen LogP) is 4.09. The molecule has 0 aromatic heterocycles. The summed E-state index contributed by atoms with van der Waals surface area (Å²) in [6.07, 6.45) is 13.4. The highest BCUT2D eigenvalue weighted by atomic mass is 19.2. The zero-order valence-corrected chi connectivity index (χ0v) is 19.3. The minimum Gasteiger partial charge on any atom is -0.478 e. The van der Waals surface area contributed by atoms with Gasteiger partial charge in [-0.05, 0) is 55.6 Å². The van der Waals surface area contributed by atoms with Crippen LogP contribution in [0.4, 0.5) is 4.39 Å². The zero-order valence-electron chi connectivity index (χ0n) is 19.3. The van der Waals surface area contributed by atoms with Crippen molar-refractivity contribution < 1.29 is 28.6 Å². The van der Waals surface area contributed by atoms with E-state index in [1.807, 2.05) is 0 Å². The molecule has 0 radical (unpaired) electrons. The van der Waals surface area contributed by atoms with E-state index in [2.05, 4.69) is 23.5 Å². The van der Waals surface area contributed by atoms with Crippen molar-refractivity contribution in [2.75, 3.05) is 6.67 Å². The Balaban J connectivity index is 1.74. The number of halogens is 1. The lowest BCUT2D eigenvalue weighted by Gasteiger charge is -2.22. The van der Waals surface area contributed by atoms with Crippen LogP contribution in [0.5, 0.6) is 0 Å². The number of nitrogens with zero attached hydrogens (tertiary/aromatic N) is 1. The van der Waals surface area contributed by atoms with E-state index in [-0.39, 0.29) is 18.1 Å². The Hall–Kier alpha value is -3.36. The first-order chi connectivity index (χ1) is 16.2. The summed E-state index contributed by atoms with van der Waals surface area (Å²) in [7, 11) is 0. The Morgan fingerprint density at radius 3 is 2.68 bits per heavy atom. The van der Waals surface area contributed by atoms with E-state index in [1.165, 1.54) is 12.2 Å². The fourth-order valence-electron chi connectivity index (χ4n) is 3.96. The van der Waals surface area contributed by atoms with Gasteiger partial charge in [0.05, 0.1) is 16.7 Å². The van der Waals surface area contributed by atoms with Crippen LogP contribution in [0.2, 0.25) is 0 Å². The maximum atomic E-state index is 13.4. The van der Waals surface area contributed by atoms with Crippen molar-refractivity contribution in [1.29, 1.82) is 0 Å². The van der Waals surface area contributed by atoms with Crippen LogP contribution in [0.15, 0.2) is 89.1 Å². The van der Waals surface area contributed by atoms with Gasteiger partial charge in [0.15, 0.2) is 0 Å². The second-order valence-corrected chi connectivity index (χ2v) is 8.23. The lowest BCUT2D eigenvalue weighted by atomic mass is 9.88. The monoisotopic (exact) mass is 468 g/mol. The Morgan fingerprint density at radius 2 is 2.06 bits per heavy atom. The van der Waals surface area contributed by atoms with Crippen molar-refractivity contribution >= 4 is 17.6 Å². The van der Waals surface area contributed by atoms with Crippen LogP contribution in [0.3, 0.4) is 0 Å². The summed E-state index contributed by atoms with van der Waals surface area (Å²) in [5.41, 5.74) is 1.72.